The van der Waals surface area contributed by atoms with E-state index in [0.717, 1.165) is 5.71 Å². The van der Waals surface area contributed by atoms with E-state index in [1.807, 2.05) is 26.8 Å². The zero-order chi connectivity index (χ0) is 15.8. The van der Waals surface area contributed by atoms with Crippen LogP contribution in [0, 0.1) is 5.92 Å². The second-order valence-corrected chi connectivity index (χ2v) is 5.97. The summed E-state index contributed by atoms with van der Waals surface area (Å²) in [4.78, 5) is 18.2. The maximum absolute atomic E-state index is 12.2. The second-order valence-electron chi connectivity index (χ2n) is 5.97. The van der Waals surface area contributed by atoms with Crippen LogP contribution in [0.4, 0.5) is 4.79 Å². The number of ether oxygens (including phenoxy) is 1. The van der Waals surface area contributed by atoms with Crippen molar-refractivity contribution >= 4 is 11.8 Å². The minimum atomic E-state index is -0.495. The molecule has 0 fully saturated rings. The third kappa shape index (κ3) is 7.80. The molecule has 114 valence electrons. The first-order chi connectivity index (χ1) is 9.21. The van der Waals surface area contributed by atoms with Crippen molar-refractivity contribution in [2.45, 2.75) is 46.6 Å². The van der Waals surface area contributed by atoms with Crippen molar-refractivity contribution in [3.05, 3.63) is 18.4 Å². The molecule has 0 aromatic heterocycles. The number of hydrogen-bond acceptors (Lipinski definition) is 3. The summed E-state index contributed by atoms with van der Waals surface area (Å²) in [6, 6.07) is 0. The van der Waals surface area contributed by atoms with Crippen LogP contribution in [-0.4, -0.2) is 42.4 Å². The van der Waals surface area contributed by atoms with Crippen molar-refractivity contribution in [3.8, 4) is 0 Å². The first kappa shape index (κ1) is 18.5. The van der Waals surface area contributed by atoms with Gasteiger partial charge in [0.25, 0.3) is 0 Å². The Labute approximate surface area is 123 Å². The Morgan fingerprint density at radius 3 is 2.45 bits per heavy atom. The van der Waals surface area contributed by atoms with Gasteiger partial charge in [0.15, 0.2) is 0 Å². The fourth-order valence-corrected chi connectivity index (χ4v) is 1.59. The summed E-state index contributed by atoms with van der Waals surface area (Å²) in [5.74, 6) is 0.305. The monoisotopic (exact) mass is 280 g/mol. The van der Waals surface area contributed by atoms with Gasteiger partial charge in [-0.3, -0.25) is 4.99 Å². The maximum Gasteiger partial charge on any atom is 0.410 e. The average molecular weight is 280 g/mol. The number of carbonyl (C=O) groups is 1. The Hall–Kier alpha value is -1.54. The quantitative estimate of drug-likeness (QED) is 0.550. The molecule has 0 unspecified atom stereocenters. The lowest BCUT2D eigenvalue weighted by atomic mass is 10.1. The molecule has 1 amide bonds. The Morgan fingerprint density at radius 1 is 1.45 bits per heavy atom. The summed E-state index contributed by atoms with van der Waals surface area (Å²) in [6.45, 7) is 14.3. The fraction of sp³-hybridized carbons (Fsp3) is 0.688. The summed E-state index contributed by atoms with van der Waals surface area (Å²) in [6.07, 6.45) is 2.21. The third-order valence-electron chi connectivity index (χ3n) is 2.65. The molecule has 0 N–H and O–H groups in total. The van der Waals surface area contributed by atoms with Crippen LogP contribution < -0.4 is 0 Å². The second kappa shape index (κ2) is 8.60. The Balaban J connectivity index is 4.88. The highest BCUT2D eigenvalue weighted by Crippen LogP contribution is 2.11. The normalized spacial score (nSPS) is 12.1. The largest absolute Gasteiger partial charge is 0.444 e. The van der Waals surface area contributed by atoms with Gasteiger partial charge in [-0.25, -0.2) is 4.79 Å². The van der Waals surface area contributed by atoms with Gasteiger partial charge in [-0.15, -0.1) is 5.73 Å². The molecule has 20 heavy (non-hydrogen) atoms. The average Bonchev–Trinajstić information content (AvgIpc) is 2.30. The van der Waals surface area contributed by atoms with Crippen LogP contribution in [0.5, 0.6) is 0 Å². The van der Waals surface area contributed by atoms with Crippen LogP contribution in [0.1, 0.15) is 41.0 Å². The maximum atomic E-state index is 12.2. The summed E-state index contributed by atoms with van der Waals surface area (Å²) in [5.41, 5.74) is 3.21. The van der Waals surface area contributed by atoms with Gasteiger partial charge in [0, 0.05) is 19.3 Å². The standard InChI is InChI=1S/C16H28N2O2/c1-8-9-10-11-18(12-14(17-7)13(2)3)15(19)20-16(4,5)6/h9,13H,1,10-12H2,2-7H3. The van der Waals surface area contributed by atoms with Gasteiger partial charge in [0.1, 0.15) is 5.60 Å². The Kier molecular flexibility index (Phi) is 7.93. The molecule has 0 atom stereocenters. The highest BCUT2D eigenvalue weighted by molar-refractivity contribution is 5.90. The fourth-order valence-electron chi connectivity index (χ4n) is 1.59. The summed E-state index contributed by atoms with van der Waals surface area (Å²) in [7, 11) is 1.76. The van der Waals surface area contributed by atoms with E-state index >= 15 is 0 Å². The molecule has 4 heteroatoms. The van der Waals surface area contributed by atoms with Crippen LogP contribution in [0.3, 0.4) is 0 Å². The van der Waals surface area contributed by atoms with Crippen LogP contribution >= 0.6 is 0 Å². The lowest BCUT2D eigenvalue weighted by Gasteiger charge is -2.28. The smallest absolute Gasteiger partial charge is 0.410 e. The molecule has 0 rings (SSSR count). The number of nitrogens with zero attached hydrogens (tertiary/aromatic N) is 2. The van der Waals surface area contributed by atoms with E-state index in [1.54, 1.807) is 11.9 Å². The molecule has 0 heterocycles. The molecule has 0 aromatic rings. The van der Waals surface area contributed by atoms with E-state index in [9.17, 15) is 4.79 Å². The van der Waals surface area contributed by atoms with Crippen LogP contribution in [0.25, 0.3) is 0 Å². The van der Waals surface area contributed by atoms with E-state index in [0.29, 0.717) is 25.4 Å². The highest BCUT2D eigenvalue weighted by Gasteiger charge is 2.23. The molecule has 0 aliphatic rings. The highest BCUT2D eigenvalue weighted by atomic mass is 16.6. The molecule has 0 saturated carbocycles. The van der Waals surface area contributed by atoms with Gasteiger partial charge in [0.05, 0.1) is 6.54 Å². The van der Waals surface area contributed by atoms with Gasteiger partial charge in [-0.05, 0) is 39.2 Å². The number of amides is 1. The number of carbonyl (C=O) groups excluding carboxylic acids is 1. The third-order valence-corrected chi connectivity index (χ3v) is 2.65. The van der Waals surface area contributed by atoms with Crippen molar-refractivity contribution in [2.75, 3.05) is 20.1 Å². The van der Waals surface area contributed by atoms with E-state index in [4.69, 9.17) is 4.74 Å². The van der Waals surface area contributed by atoms with Crippen LogP contribution in [-0.2, 0) is 4.74 Å². The van der Waals surface area contributed by atoms with Crippen molar-refractivity contribution in [1.82, 2.24) is 4.90 Å². The molecular weight excluding hydrogens is 252 g/mol. The number of rotatable bonds is 6. The number of hydrogen-bond donors (Lipinski definition) is 0. The van der Waals surface area contributed by atoms with Crippen molar-refractivity contribution < 1.29 is 9.53 Å². The zero-order valence-electron chi connectivity index (χ0n) is 13.7. The molecule has 0 radical (unpaired) electrons. The predicted molar refractivity (Wildman–Crippen MR) is 84.3 cm³/mol. The van der Waals surface area contributed by atoms with Gasteiger partial charge < -0.3 is 9.64 Å². The minimum Gasteiger partial charge on any atom is -0.444 e. The van der Waals surface area contributed by atoms with Gasteiger partial charge in [-0.1, -0.05) is 20.4 Å². The van der Waals surface area contributed by atoms with Crippen molar-refractivity contribution in [1.29, 1.82) is 0 Å². The molecule has 0 aliphatic carbocycles. The zero-order valence-corrected chi connectivity index (χ0v) is 13.7. The van der Waals surface area contributed by atoms with Crippen LogP contribution in [0.15, 0.2) is 23.4 Å². The minimum absolute atomic E-state index is 0.305. The van der Waals surface area contributed by atoms with E-state index in [-0.39, 0.29) is 6.09 Å². The predicted octanol–water partition coefficient (Wildman–Crippen LogP) is 3.68. The molecule has 4 nitrogen and oxygen atoms in total. The van der Waals surface area contributed by atoms with Gasteiger partial charge in [0.2, 0.25) is 0 Å². The van der Waals surface area contributed by atoms with Crippen LogP contribution in [0.2, 0.25) is 0 Å². The topological polar surface area (TPSA) is 41.9 Å². The first-order valence-corrected chi connectivity index (χ1v) is 6.99. The van der Waals surface area contributed by atoms with Gasteiger partial charge in [-0.2, -0.15) is 0 Å². The van der Waals surface area contributed by atoms with E-state index in [1.165, 1.54) is 0 Å². The van der Waals surface area contributed by atoms with Gasteiger partial charge >= 0.3 is 6.09 Å². The molecule has 0 aliphatic heterocycles. The molecule has 0 spiro atoms. The lowest BCUT2D eigenvalue weighted by Crippen LogP contribution is -2.41. The number of aliphatic imine (C=N–C) groups is 1. The first-order valence-electron chi connectivity index (χ1n) is 6.99. The van der Waals surface area contributed by atoms with Crippen molar-refractivity contribution in [3.63, 3.8) is 0 Å². The molecule has 0 aromatic carbocycles. The SMILES string of the molecule is C=C=CCCN(CC(=NC)C(C)C)C(=O)OC(C)(C)C. The lowest BCUT2D eigenvalue weighted by molar-refractivity contribution is 0.0280. The molecule has 0 bridgehead atoms. The Bertz CT molecular complexity index is 386. The Morgan fingerprint density at radius 2 is 2.05 bits per heavy atom. The molecule has 0 saturated heterocycles. The van der Waals surface area contributed by atoms with Crippen molar-refractivity contribution in [2.24, 2.45) is 10.9 Å². The van der Waals surface area contributed by atoms with E-state index < -0.39 is 5.60 Å². The van der Waals surface area contributed by atoms with E-state index in [2.05, 4.69) is 31.2 Å². The summed E-state index contributed by atoms with van der Waals surface area (Å²) < 4.78 is 5.44. The summed E-state index contributed by atoms with van der Waals surface area (Å²) in [5, 5.41) is 0. The molecular formula is C16H28N2O2. The summed E-state index contributed by atoms with van der Waals surface area (Å²) >= 11 is 0.